The molecule has 1 aromatic carbocycles. The lowest BCUT2D eigenvalue weighted by molar-refractivity contribution is -0.118. The van der Waals surface area contributed by atoms with Crippen molar-refractivity contribution in [1.29, 1.82) is 0 Å². The van der Waals surface area contributed by atoms with Gasteiger partial charge in [0.15, 0.2) is 5.13 Å². The van der Waals surface area contributed by atoms with Crippen LogP contribution < -0.4 is 10.2 Å². The van der Waals surface area contributed by atoms with Crippen LogP contribution in [0.5, 0.6) is 0 Å². The number of aryl methyl sites for hydroxylation is 1. The first-order valence-electron chi connectivity index (χ1n) is 10.0. The van der Waals surface area contributed by atoms with Crippen LogP contribution in [0.15, 0.2) is 18.2 Å². The van der Waals surface area contributed by atoms with Gasteiger partial charge < -0.3 is 15.1 Å². The Labute approximate surface area is 165 Å². The van der Waals surface area contributed by atoms with Gasteiger partial charge in [-0.05, 0) is 57.0 Å². The van der Waals surface area contributed by atoms with Crippen molar-refractivity contribution in [2.24, 2.45) is 0 Å². The van der Waals surface area contributed by atoms with Gasteiger partial charge in [0.05, 0.1) is 5.69 Å². The van der Waals surface area contributed by atoms with E-state index in [2.05, 4.69) is 35.3 Å². The van der Waals surface area contributed by atoms with Crippen LogP contribution in [-0.4, -0.2) is 48.5 Å². The van der Waals surface area contributed by atoms with Gasteiger partial charge in [-0.25, -0.2) is 4.98 Å². The zero-order valence-corrected chi connectivity index (χ0v) is 17.1. The van der Waals surface area contributed by atoms with E-state index in [1.807, 2.05) is 11.8 Å². The quantitative estimate of drug-likeness (QED) is 0.820. The molecule has 5 nitrogen and oxygen atoms in total. The summed E-state index contributed by atoms with van der Waals surface area (Å²) in [6, 6.07) is 6.41. The lowest BCUT2D eigenvalue weighted by Crippen LogP contribution is -2.27. The number of aromatic nitrogens is 1. The molecule has 2 aliphatic rings. The average molecular weight is 385 g/mol. The molecule has 1 N–H and O–H groups in total. The molecule has 144 valence electrons. The fourth-order valence-corrected chi connectivity index (χ4v) is 4.93. The Bertz CT molecular complexity index is 826. The molecule has 27 heavy (non-hydrogen) atoms. The lowest BCUT2D eigenvalue weighted by atomic mass is 10.1. The summed E-state index contributed by atoms with van der Waals surface area (Å²) < 4.78 is 0. The van der Waals surface area contributed by atoms with E-state index < -0.39 is 0 Å². The van der Waals surface area contributed by atoms with Gasteiger partial charge in [0.2, 0.25) is 5.91 Å². The van der Waals surface area contributed by atoms with Crippen molar-refractivity contribution >= 4 is 28.1 Å². The van der Waals surface area contributed by atoms with Gasteiger partial charge in [-0.15, -0.1) is 11.3 Å². The van der Waals surface area contributed by atoms with E-state index in [-0.39, 0.29) is 5.91 Å². The Balaban J connectivity index is 1.46. The number of likely N-dealkylation sites (tertiary alicyclic amines) is 1. The molecule has 4 rings (SSSR count). The molecule has 1 saturated heterocycles. The molecule has 1 amide bonds. The number of anilines is 2. The fraction of sp³-hybridized carbons (Fsp3) is 0.524. The van der Waals surface area contributed by atoms with Crippen molar-refractivity contribution < 1.29 is 4.79 Å². The predicted molar refractivity (Wildman–Crippen MR) is 113 cm³/mol. The van der Waals surface area contributed by atoms with Gasteiger partial charge in [-0.2, -0.15) is 0 Å². The molecule has 1 fully saturated rings. The van der Waals surface area contributed by atoms with E-state index in [0.717, 1.165) is 48.1 Å². The fourth-order valence-electron chi connectivity index (χ4n) is 4.07. The van der Waals surface area contributed by atoms with Gasteiger partial charge in [-0.3, -0.25) is 4.79 Å². The smallest absolute Gasteiger partial charge is 0.226 e. The highest BCUT2D eigenvalue weighted by molar-refractivity contribution is 7.16. The zero-order chi connectivity index (χ0) is 18.8. The molecule has 2 aromatic rings. The van der Waals surface area contributed by atoms with Crippen LogP contribution in [0.3, 0.4) is 0 Å². The van der Waals surface area contributed by atoms with Crippen LogP contribution in [0.4, 0.5) is 10.8 Å². The molecular weight excluding hydrogens is 356 g/mol. The summed E-state index contributed by atoms with van der Waals surface area (Å²) in [6.45, 7) is 9.36. The van der Waals surface area contributed by atoms with Crippen molar-refractivity contribution in [3.8, 4) is 11.3 Å². The van der Waals surface area contributed by atoms with Crippen LogP contribution in [-0.2, 0) is 11.2 Å². The summed E-state index contributed by atoms with van der Waals surface area (Å²) >= 11 is 1.73. The topological polar surface area (TPSA) is 48.5 Å². The summed E-state index contributed by atoms with van der Waals surface area (Å²) in [6.07, 6.45) is 4.15. The number of benzene rings is 1. The maximum Gasteiger partial charge on any atom is 0.226 e. The Morgan fingerprint density at radius 2 is 2.07 bits per heavy atom. The molecule has 1 aromatic heterocycles. The summed E-state index contributed by atoms with van der Waals surface area (Å²) in [5.74, 6) is 0.204. The third kappa shape index (κ3) is 3.87. The number of carbonyl (C=O) groups excluding carboxylic acids is 1. The van der Waals surface area contributed by atoms with E-state index in [1.165, 1.54) is 36.4 Å². The minimum atomic E-state index is 0.204. The maximum atomic E-state index is 12.1. The standard InChI is InChI=1S/C21H28N4OS/c1-3-19(26)25-12-8-16-14-17(6-7-18(16)25)20-15(2)27-21(23-20)22-9-13-24-10-4-5-11-24/h6-7,14H,3-5,8-13H2,1-2H3,(H,22,23). The van der Waals surface area contributed by atoms with Crippen LogP contribution in [0, 0.1) is 6.92 Å². The average Bonchev–Trinajstić information content (AvgIpc) is 3.40. The molecular formula is C21H28N4OS. The first-order chi connectivity index (χ1) is 13.2. The number of hydrogen-bond donors (Lipinski definition) is 1. The maximum absolute atomic E-state index is 12.1. The molecule has 0 bridgehead atoms. The zero-order valence-electron chi connectivity index (χ0n) is 16.3. The van der Waals surface area contributed by atoms with E-state index in [9.17, 15) is 4.79 Å². The molecule has 0 aliphatic carbocycles. The van der Waals surface area contributed by atoms with Gasteiger partial charge in [0.1, 0.15) is 0 Å². The molecule has 3 heterocycles. The SMILES string of the molecule is CCC(=O)N1CCc2cc(-c3nc(NCCN4CCCC4)sc3C)ccc21. The Kier molecular flexibility index (Phi) is 5.45. The van der Waals surface area contributed by atoms with E-state index in [0.29, 0.717) is 6.42 Å². The van der Waals surface area contributed by atoms with E-state index in [4.69, 9.17) is 4.98 Å². The summed E-state index contributed by atoms with van der Waals surface area (Å²) in [7, 11) is 0. The third-order valence-corrected chi connectivity index (χ3v) is 6.48. The minimum absolute atomic E-state index is 0.204. The second kappa shape index (κ2) is 7.98. The second-order valence-electron chi connectivity index (χ2n) is 7.39. The van der Waals surface area contributed by atoms with Crippen molar-refractivity contribution in [2.75, 3.05) is 42.9 Å². The number of rotatable bonds is 6. The molecule has 6 heteroatoms. The Morgan fingerprint density at radius 3 is 2.85 bits per heavy atom. The summed E-state index contributed by atoms with van der Waals surface area (Å²) in [4.78, 5) is 22.6. The number of fused-ring (bicyclic) bond motifs is 1. The third-order valence-electron chi connectivity index (χ3n) is 5.55. The van der Waals surface area contributed by atoms with Crippen LogP contribution in [0.2, 0.25) is 0 Å². The molecule has 0 radical (unpaired) electrons. The van der Waals surface area contributed by atoms with Gasteiger partial charge >= 0.3 is 0 Å². The second-order valence-corrected chi connectivity index (χ2v) is 8.59. The Morgan fingerprint density at radius 1 is 1.26 bits per heavy atom. The minimum Gasteiger partial charge on any atom is -0.360 e. The van der Waals surface area contributed by atoms with Crippen LogP contribution >= 0.6 is 11.3 Å². The number of amides is 1. The number of nitrogens with zero attached hydrogens (tertiary/aromatic N) is 3. The van der Waals surface area contributed by atoms with Crippen molar-refractivity contribution in [2.45, 2.75) is 39.5 Å². The monoisotopic (exact) mass is 384 g/mol. The molecule has 0 saturated carbocycles. The first kappa shape index (κ1) is 18.4. The van der Waals surface area contributed by atoms with E-state index in [1.54, 1.807) is 11.3 Å². The number of carbonyl (C=O) groups is 1. The molecule has 0 atom stereocenters. The predicted octanol–water partition coefficient (Wildman–Crippen LogP) is 3.93. The van der Waals surface area contributed by atoms with Gasteiger partial charge in [-0.1, -0.05) is 13.0 Å². The lowest BCUT2D eigenvalue weighted by Gasteiger charge is -2.16. The van der Waals surface area contributed by atoms with E-state index >= 15 is 0 Å². The molecule has 0 spiro atoms. The number of thiazole rings is 1. The highest BCUT2D eigenvalue weighted by atomic mass is 32.1. The molecule has 2 aliphatic heterocycles. The Hall–Kier alpha value is -1.92. The highest BCUT2D eigenvalue weighted by Gasteiger charge is 2.24. The summed E-state index contributed by atoms with van der Waals surface area (Å²) in [5.41, 5.74) is 4.54. The summed E-state index contributed by atoms with van der Waals surface area (Å²) in [5, 5.41) is 4.50. The van der Waals surface area contributed by atoms with Crippen LogP contribution in [0.1, 0.15) is 36.6 Å². The van der Waals surface area contributed by atoms with Crippen LogP contribution in [0.25, 0.3) is 11.3 Å². The first-order valence-corrected chi connectivity index (χ1v) is 10.8. The van der Waals surface area contributed by atoms with Crippen molar-refractivity contribution in [3.05, 3.63) is 28.6 Å². The van der Waals surface area contributed by atoms with Gasteiger partial charge in [0.25, 0.3) is 0 Å². The highest BCUT2D eigenvalue weighted by Crippen LogP contribution is 2.35. The van der Waals surface area contributed by atoms with Gasteiger partial charge in [0, 0.05) is 42.2 Å². The molecule has 0 unspecified atom stereocenters. The largest absolute Gasteiger partial charge is 0.360 e. The van der Waals surface area contributed by atoms with Crippen molar-refractivity contribution in [1.82, 2.24) is 9.88 Å². The number of hydrogen-bond acceptors (Lipinski definition) is 5. The normalized spacial score (nSPS) is 16.7. The van der Waals surface area contributed by atoms with Crippen molar-refractivity contribution in [3.63, 3.8) is 0 Å². The number of nitrogens with one attached hydrogen (secondary N) is 1.